The van der Waals surface area contributed by atoms with Gasteiger partial charge < -0.3 is 11.1 Å². The average molecular weight is 222 g/mol. The average Bonchev–Trinajstić information content (AvgIpc) is 2.15. The molecule has 0 atom stereocenters. The fourth-order valence-electron chi connectivity index (χ4n) is 1.63. The maximum absolute atomic E-state index is 5.78. The highest BCUT2D eigenvalue weighted by molar-refractivity contribution is 7.99. The predicted molar refractivity (Wildman–Crippen MR) is 67.3 cm³/mol. The van der Waals surface area contributed by atoms with Gasteiger partial charge in [0.15, 0.2) is 0 Å². The molecular weight excluding hydrogens is 204 g/mol. The van der Waals surface area contributed by atoms with E-state index in [1.807, 2.05) is 17.8 Å². The molecule has 1 aliphatic rings. The largest absolute Gasteiger partial charge is 0.399 e. The quantitative estimate of drug-likeness (QED) is 0.606. The third-order valence-corrected chi connectivity index (χ3v) is 3.93. The van der Waals surface area contributed by atoms with Gasteiger partial charge in [0.25, 0.3) is 0 Å². The Hall–Kier alpha value is -0.670. The molecule has 0 saturated carbocycles. The van der Waals surface area contributed by atoms with Gasteiger partial charge in [-0.05, 0) is 61.9 Å². The van der Waals surface area contributed by atoms with Gasteiger partial charge in [-0.25, -0.2) is 0 Å². The maximum atomic E-state index is 5.78. The third kappa shape index (κ3) is 2.89. The number of hydrogen-bond acceptors (Lipinski definition) is 3. The number of nitrogens with one attached hydrogen (secondary N) is 1. The second-order valence-corrected chi connectivity index (χ2v) is 5.35. The molecule has 0 unspecified atom stereocenters. The molecule has 1 fully saturated rings. The summed E-state index contributed by atoms with van der Waals surface area (Å²) < 4.78 is 0. The fraction of sp³-hybridized carbons (Fsp3) is 0.500. The van der Waals surface area contributed by atoms with E-state index in [-0.39, 0.29) is 0 Å². The monoisotopic (exact) mass is 222 g/mol. The molecule has 0 aliphatic carbocycles. The van der Waals surface area contributed by atoms with E-state index < -0.39 is 0 Å². The van der Waals surface area contributed by atoms with Gasteiger partial charge in [-0.2, -0.15) is 0 Å². The van der Waals surface area contributed by atoms with E-state index >= 15 is 0 Å². The minimum atomic E-state index is 0.891. The molecule has 0 amide bonds. The highest BCUT2D eigenvalue weighted by Crippen LogP contribution is 2.24. The van der Waals surface area contributed by atoms with Gasteiger partial charge in [-0.15, -0.1) is 11.8 Å². The van der Waals surface area contributed by atoms with Gasteiger partial charge in [-0.1, -0.05) is 0 Å². The van der Waals surface area contributed by atoms with Crippen LogP contribution in [0.3, 0.4) is 0 Å². The van der Waals surface area contributed by atoms with Gasteiger partial charge in [0.1, 0.15) is 0 Å². The van der Waals surface area contributed by atoms with Crippen LogP contribution in [0.25, 0.3) is 0 Å². The number of rotatable bonds is 4. The van der Waals surface area contributed by atoms with E-state index in [9.17, 15) is 0 Å². The van der Waals surface area contributed by atoms with E-state index in [2.05, 4.69) is 24.4 Å². The van der Waals surface area contributed by atoms with Crippen LogP contribution in [0.15, 0.2) is 23.1 Å². The number of thioether (sulfide) groups is 1. The first-order valence-electron chi connectivity index (χ1n) is 5.45. The molecule has 2 nitrogen and oxygen atoms in total. The van der Waals surface area contributed by atoms with Crippen molar-refractivity contribution >= 4 is 17.4 Å². The van der Waals surface area contributed by atoms with Crippen LogP contribution in [-0.2, 0) is 0 Å². The Morgan fingerprint density at radius 1 is 1.47 bits per heavy atom. The second kappa shape index (κ2) is 4.90. The summed E-state index contributed by atoms with van der Waals surface area (Å²) in [4.78, 5) is 1.34. The van der Waals surface area contributed by atoms with Gasteiger partial charge >= 0.3 is 0 Å². The van der Waals surface area contributed by atoms with Crippen molar-refractivity contribution in [3.63, 3.8) is 0 Å². The number of aryl methyl sites for hydroxylation is 1. The Kier molecular flexibility index (Phi) is 3.54. The number of nitrogens with two attached hydrogens (primary N) is 1. The molecular formula is C12H18N2S. The van der Waals surface area contributed by atoms with Gasteiger partial charge in [0, 0.05) is 10.6 Å². The smallest absolute Gasteiger partial charge is 0.0344 e. The Bertz CT molecular complexity index is 334. The summed E-state index contributed by atoms with van der Waals surface area (Å²) in [6.45, 7) is 4.48. The Morgan fingerprint density at radius 3 is 2.87 bits per heavy atom. The number of benzene rings is 1. The first kappa shape index (κ1) is 10.8. The summed E-state index contributed by atoms with van der Waals surface area (Å²) >= 11 is 1.94. The zero-order chi connectivity index (χ0) is 10.7. The van der Waals surface area contributed by atoms with Crippen LogP contribution in [0.5, 0.6) is 0 Å². The third-order valence-electron chi connectivity index (χ3n) is 2.90. The van der Waals surface area contributed by atoms with Gasteiger partial charge in [0.2, 0.25) is 0 Å². The molecule has 0 spiro atoms. The molecule has 1 saturated heterocycles. The van der Waals surface area contributed by atoms with Crippen molar-refractivity contribution < 1.29 is 0 Å². The van der Waals surface area contributed by atoms with E-state index in [1.54, 1.807) is 0 Å². The molecule has 3 heteroatoms. The van der Waals surface area contributed by atoms with Crippen LogP contribution in [0.2, 0.25) is 0 Å². The van der Waals surface area contributed by atoms with E-state index in [0.29, 0.717) is 0 Å². The summed E-state index contributed by atoms with van der Waals surface area (Å²) in [5, 5.41) is 3.30. The second-order valence-electron chi connectivity index (χ2n) is 4.18. The molecule has 82 valence electrons. The van der Waals surface area contributed by atoms with Crippen molar-refractivity contribution in [2.24, 2.45) is 5.92 Å². The summed E-state index contributed by atoms with van der Waals surface area (Å²) in [6.07, 6.45) is 1.32. The van der Waals surface area contributed by atoms with Crippen molar-refractivity contribution in [1.82, 2.24) is 5.32 Å². The van der Waals surface area contributed by atoms with E-state index in [4.69, 9.17) is 5.73 Å². The van der Waals surface area contributed by atoms with Crippen molar-refractivity contribution in [3.05, 3.63) is 23.8 Å². The Balaban J connectivity index is 1.79. The number of hydrogen-bond donors (Lipinski definition) is 2. The van der Waals surface area contributed by atoms with Crippen LogP contribution < -0.4 is 11.1 Å². The molecule has 3 N–H and O–H groups in total. The summed E-state index contributed by atoms with van der Waals surface area (Å²) in [7, 11) is 0. The molecule has 0 aromatic heterocycles. The Morgan fingerprint density at radius 2 is 2.27 bits per heavy atom. The van der Waals surface area contributed by atoms with Crippen molar-refractivity contribution in [2.75, 3.05) is 24.6 Å². The van der Waals surface area contributed by atoms with Crippen LogP contribution in [0, 0.1) is 12.8 Å². The van der Waals surface area contributed by atoms with Crippen molar-refractivity contribution in [1.29, 1.82) is 0 Å². The van der Waals surface area contributed by atoms with Crippen LogP contribution in [-0.4, -0.2) is 18.8 Å². The highest BCUT2D eigenvalue weighted by Gasteiger charge is 2.15. The number of nitrogen functional groups attached to an aromatic ring is 1. The SMILES string of the molecule is Cc1cc(SCCC2CNC2)ccc1N. The Labute approximate surface area is 95.6 Å². The van der Waals surface area contributed by atoms with Crippen LogP contribution in [0.1, 0.15) is 12.0 Å². The normalized spacial score (nSPS) is 16.3. The summed E-state index contributed by atoms with van der Waals surface area (Å²) in [5.74, 6) is 2.13. The topological polar surface area (TPSA) is 38.0 Å². The molecule has 1 aromatic rings. The van der Waals surface area contributed by atoms with Gasteiger partial charge in [-0.3, -0.25) is 0 Å². The lowest BCUT2D eigenvalue weighted by atomic mass is 10.0. The molecule has 15 heavy (non-hydrogen) atoms. The lowest BCUT2D eigenvalue weighted by Crippen LogP contribution is -2.42. The molecule has 1 aromatic carbocycles. The minimum absolute atomic E-state index is 0.891. The molecule has 0 bridgehead atoms. The molecule has 1 heterocycles. The van der Waals surface area contributed by atoms with Crippen LogP contribution in [0.4, 0.5) is 5.69 Å². The zero-order valence-corrected chi connectivity index (χ0v) is 9.94. The first-order chi connectivity index (χ1) is 7.25. The lowest BCUT2D eigenvalue weighted by Gasteiger charge is -2.26. The van der Waals surface area contributed by atoms with Gasteiger partial charge in [0.05, 0.1) is 0 Å². The van der Waals surface area contributed by atoms with Crippen LogP contribution >= 0.6 is 11.8 Å². The van der Waals surface area contributed by atoms with E-state index in [1.165, 1.54) is 35.7 Å². The summed E-state index contributed by atoms with van der Waals surface area (Å²) in [6, 6.07) is 6.30. The molecule has 0 radical (unpaired) electrons. The van der Waals surface area contributed by atoms with Crippen molar-refractivity contribution in [2.45, 2.75) is 18.2 Å². The van der Waals surface area contributed by atoms with E-state index in [0.717, 1.165) is 11.6 Å². The molecule has 1 aliphatic heterocycles. The highest BCUT2D eigenvalue weighted by atomic mass is 32.2. The minimum Gasteiger partial charge on any atom is -0.399 e. The standard InChI is InChI=1S/C12H18N2S/c1-9-6-11(2-3-12(9)13)15-5-4-10-7-14-8-10/h2-3,6,10,14H,4-5,7-8,13H2,1H3. The number of anilines is 1. The fourth-order valence-corrected chi connectivity index (χ4v) is 2.75. The maximum Gasteiger partial charge on any atom is 0.0344 e. The summed E-state index contributed by atoms with van der Waals surface area (Å²) in [5.41, 5.74) is 7.86. The zero-order valence-electron chi connectivity index (χ0n) is 9.12. The van der Waals surface area contributed by atoms with Crippen molar-refractivity contribution in [3.8, 4) is 0 Å². The lowest BCUT2D eigenvalue weighted by molar-refractivity contribution is 0.341. The predicted octanol–water partition coefficient (Wildman–Crippen LogP) is 2.28. The molecule has 2 rings (SSSR count). The first-order valence-corrected chi connectivity index (χ1v) is 6.44.